The number of halogens is 2. The fourth-order valence-corrected chi connectivity index (χ4v) is 2.90. The van der Waals surface area contributed by atoms with Gasteiger partial charge in [-0.05, 0) is 43.7 Å². The van der Waals surface area contributed by atoms with E-state index in [1.165, 1.54) is 4.68 Å². The average molecular weight is 408 g/mol. The summed E-state index contributed by atoms with van der Waals surface area (Å²) in [5, 5.41) is 12.2. The Kier molecular flexibility index (Phi) is 6.36. The Balaban J connectivity index is 1.45. The van der Waals surface area contributed by atoms with Crippen molar-refractivity contribution < 1.29 is 9.53 Å². The van der Waals surface area contributed by atoms with Gasteiger partial charge in [0.25, 0.3) is 5.91 Å². The lowest BCUT2D eigenvalue weighted by Gasteiger charge is -2.08. The van der Waals surface area contributed by atoms with Crippen molar-refractivity contribution in [3.8, 4) is 5.75 Å². The fourth-order valence-electron chi connectivity index (χ4n) is 2.44. The van der Waals surface area contributed by atoms with Gasteiger partial charge >= 0.3 is 0 Å². The first-order chi connectivity index (χ1) is 13.0. The van der Waals surface area contributed by atoms with Crippen LogP contribution in [0, 0.1) is 6.92 Å². The molecule has 0 bridgehead atoms. The van der Waals surface area contributed by atoms with Crippen molar-refractivity contribution in [2.75, 3.05) is 6.54 Å². The zero-order valence-corrected chi connectivity index (χ0v) is 16.2. The second kappa shape index (κ2) is 8.92. The monoisotopic (exact) mass is 407 g/mol. The molecule has 0 radical (unpaired) electrons. The molecule has 7 nitrogen and oxygen atoms in total. The number of hydrogen-bond acceptors (Lipinski definition) is 4. The van der Waals surface area contributed by atoms with E-state index in [4.69, 9.17) is 27.9 Å². The first-order valence-electron chi connectivity index (χ1n) is 8.41. The summed E-state index contributed by atoms with van der Waals surface area (Å²) in [5.41, 5.74) is 1.43. The number of hydrogen-bond donors (Lipinski definition) is 1. The van der Waals surface area contributed by atoms with Gasteiger partial charge in [-0.1, -0.05) is 23.2 Å². The molecule has 0 saturated heterocycles. The fraction of sp³-hybridized carbons (Fsp3) is 0.278. The van der Waals surface area contributed by atoms with Crippen molar-refractivity contribution >= 4 is 29.1 Å². The Bertz CT molecular complexity index is 922. The van der Waals surface area contributed by atoms with E-state index in [-0.39, 0.29) is 12.6 Å². The van der Waals surface area contributed by atoms with Gasteiger partial charge in [0.05, 0.1) is 5.02 Å². The number of rotatable bonds is 8. The highest BCUT2D eigenvalue weighted by Gasteiger charge is 2.10. The van der Waals surface area contributed by atoms with Gasteiger partial charge < -0.3 is 10.1 Å². The van der Waals surface area contributed by atoms with Gasteiger partial charge in [-0.25, -0.2) is 4.68 Å². The van der Waals surface area contributed by atoms with E-state index >= 15 is 0 Å². The molecule has 142 valence electrons. The van der Waals surface area contributed by atoms with Crippen LogP contribution in [0.15, 0.2) is 42.7 Å². The molecule has 2 aromatic heterocycles. The normalized spacial score (nSPS) is 10.8. The van der Waals surface area contributed by atoms with Crippen LogP contribution in [0.1, 0.15) is 22.6 Å². The number of amides is 1. The Labute approximate surface area is 166 Å². The molecule has 0 fully saturated rings. The van der Waals surface area contributed by atoms with E-state index in [9.17, 15) is 4.79 Å². The third-order valence-corrected chi connectivity index (χ3v) is 4.41. The number of nitrogens with zero attached hydrogens (tertiary/aromatic N) is 4. The SMILES string of the molecule is Cc1ccnn1CCCNC(=O)c1ccn(COc2ccc(Cl)cc2Cl)n1. The molecular formula is C18H19Cl2N5O2. The third kappa shape index (κ3) is 5.24. The van der Waals surface area contributed by atoms with Crippen LogP contribution in [0.4, 0.5) is 0 Å². The summed E-state index contributed by atoms with van der Waals surface area (Å²) in [4.78, 5) is 12.2. The molecule has 0 aliphatic rings. The molecule has 27 heavy (non-hydrogen) atoms. The maximum Gasteiger partial charge on any atom is 0.271 e. The van der Waals surface area contributed by atoms with Gasteiger partial charge in [0.1, 0.15) is 11.4 Å². The molecule has 3 rings (SSSR count). The molecule has 0 aliphatic heterocycles. The van der Waals surface area contributed by atoms with E-state index in [0.717, 1.165) is 18.7 Å². The van der Waals surface area contributed by atoms with Crippen LogP contribution in [0.5, 0.6) is 5.75 Å². The van der Waals surface area contributed by atoms with Crippen LogP contribution < -0.4 is 10.1 Å². The highest BCUT2D eigenvalue weighted by atomic mass is 35.5. The molecule has 1 N–H and O–H groups in total. The number of benzene rings is 1. The molecule has 9 heteroatoms. The van der Waals surface area contributed by atoms with E-state index in [0.29, 0.717) is 28.0 Å². The minimum atomic E-state index is -0.226. The standard InChI is InChI=1S/C18H19Cl2N5O2/c1-13-5-8-22-25(13)9-2-7-21-18(26)16-6-10-24(23-16)12-27-17-4-3-14(19)11-15(17)20/h3-6,8,10-11H,2,7,9,12H2,1H3,(H,21,26). The van der Waals surface area contributed by atoms with Crippen molar-refractivity contribution in [3.05, 3.63) is 64.2 Å². The van der Waals surface area contributed by atoms with E-state index in [1.807, 2.05) is 17.7 Å². The maximum absolute atomic E-state index is 12.2. The summed E-state index contributed by atoms with van der Waals surface area (Å²) in [6, 6.07) is 8.56. The Morgan fingerprint density at radius 3 is 2.85 bits per heavy atom. The quantitative estimate of drug-likeness (QED) is 0.579. The van der Waals surface area contributed by atoms with Gasteiger partial charge in [-0.15, -0.1) is 0 Å². The van der Waals surface area contributed by atoms with Crippen molar-refractivity contribution in [2.45, 2.75) is 26.6 Å². The summed E-state index contributed by atoms with van der Waals surface area (Å²) >= 11 is 11.9. The maximum atomic E-state index is 12.2. The smallest absolute Gasteiger partial charge is 0.271 e. The molecule has 0 unspecified atom stereocenters. The van der Waals surface area contributed by atoms with Crippen LogP contribution in [-0.2, 0) is 13.3 Å². The van der Waals surface area contributed by atoms with Crippen molar-refractivity contribution in [1.29, 1.82) is 0 Å². The number of ether oxygens (including phenoxy) is 1. The second-order valence-electron chi connectivity index (χ2n) is 5.89. The Morgan fingerprint density at radius 2 is 2.11 bits per heavy atom. The van der Waals surface area contributed by atoms with Crippen LogP contribution >= 0.6 is 23.2 Å². The lowest BCUT2D eigenvalue weighted by Crippen LogP contribution is -2.26. The first kappa shape index (κ1) is 19.3. The number of carbonyl (C=O) groups excluding carboxylic acids is 1. The van der Waals surface area contributed by atoms with Gasteiger partial charge in [-0.2, -0.15) is 10.2 Å². The van der Waals surface area contributed by atoms with Crippen molar-refractivity contribution in [1.82, 2.24) is 24.9 Å². The molecule has 1 amide bonds. The zero-order chi connectivity index (χ0) is 19.2. The van der Waals surface area contributed by atoms with Gasteiger partial charge in [0.2, 0.25) is 0 Å². The lowest BCUT2D eigenvalue weighted by molar-refractivity contribution is 0.0945. The molecule has 0 atom stereocenters. The highest BCUT2D eigenvalue weighted by Crippen LogP contribution is 2.27. The summed E-state index contributed by atoms with van der Waals surface area (Å²) in [7, 11) is 0. The highest BCUT2D eigenvalue weighted by molar-refractivity contribution is 6.35. The number of aryl methyl sites for hydroxylation is 2. The van der Waals surface area contributed by atoms with Gasteiger partial charge in [0.15, 0.2) is 6.73 Å². The second-order valence-corrected chi connectivity index (χ2v) is 6.74. The van der Waals surface area contributed by atoms with Crippen LogP contribution in [0.2, 0.25) is 10.0 Å². The average Bonchev–Trinajstić information content (AvgIpc) is 3.27. The summed E-state index contributed by atoms with van der Waals surface area (Å²) in [5.74, 6) is 0.270. The molecule has 0 spiro atoms. The summed E-state index contributed by atoms with van der Waals surface area (Å²) in [6.45, 7) is 3.43. The number of aromatic nitrogens is 4. The molecule has 2 heterocycles. The van der Waals surface area contributed by atoms with E-state index in [1.54, 1.807) is 36.7 Å². The zero-order valence-electron chi connectivity index (χ0n) is 14.7. The van der Waals surface area contributed by atoms with Gasteiger partial charge in [0, 0.05) is 36.2 Å². The summed E-state index contributed by atoms with van der Waals surface area (Å²) in [6.07, 6.45) is 4.22. The Hall–Kier alpha value is -2.51. The predicted octanol–water partition coefficient (Wildman–Crippen LogP) is 3.55. The molecule has 0 aliphatic carbocycles. The van der Waals surface area contributed by atoms with E-state index < -0.39 is 0 Å². The third-order valence-electron chi connectivity index (χ3n) is 3.88. The van der Waals surface area contributed by atoms with Crippen LogP contribution in [0.3, 0.4) is 0 Å². The molecule has 1 aromatic carbocycles. The largest absolute Gasteiger partial charge is 0.470 e. The summed E-state index contributed by atoms with van der Waals surface area (Å²) < 4.78 is 9.01. The minimum absolute atomic E-state index is 0.132. The molecular weight excluding hydrogens is 389 g/mol. The lowest BCUT2D eigenvalue weighted by atomic mass is 10.3. The van der Waals surface area contributed by atoms with Gasteiger partial charge in [-0.3, -0.25) is 9.48 Å². The Morgan fingerprint density at radius 1 is 1.26 bits per heavy atom. The number of carbonyl (C=O) groups is 1. The molecule has 0 saturated carbocycles. The van der Waals surface area contributed by atoms with Crippen LogP contribution in [-0.4, -0.2) is 32.0 Å². The van der Waals surface area contributed by atoms with E-state index in [2.05, 4.69) is 15.5 Å². The first-order valence-corrected chi connectivity index (χ1v) is 9.16. The topological polar surface area (TPSA) is 74.0 Å². The van der Waals surface area contributed by atoms with Crippen LogP contribution in [0.25, 0.3) is 0 Å². The molecule has 3 aromatic rings. The van der Waals surface area contributed by atoms with Crippen molar-refractivity contribution in [3.63, 3.8) is 0 Å². The predicted molar refractivity (Wildman–Crippen MR) is 103 cm³/mol. The minimum Gasteiger partial charge on any atom is -0.470 e. The number of nitrogens with one attached hydrogen (secondary N) is 1. The van der Waals surface area contributed by atoms with Crippen molar-refractivity contribution in [2.24, 2.45) is 0 Å².